The van der Waals surface area contributed by atoms with E-state index in [0.717, 1.165) is 28.3 Å². The molecule has 3 rings (SSSR count). The van der Waals surface area contributed by atoms with Crippen molar-refractivity contribution in [3.63, 3.8) is 0 Å². The Labute approximate surface area is 164 Å². The smallest absolute Gasteiger partial charge is 0.257 e. The number of aromatic nitrogens is 1. The molecule has 0 radical (unpaired) electrons. The monoisotopic (exact) mass is 380 g/mol. The molecule has 4 nitrogen and oxygen atoms in total. The first-order chi connectivity index (χ1) is 13.2. The van der Waals surface area contributed by atoms with Crippen LogP contribution in [0.4, 0.5) is 5.13 Å². The van der Waals surface area contributed by atoms with Crippen LogP contribution in [0.2, 0.25) is 0 Å². The van der Waals surface area contributed by atoms with E-state index in [2.05, 4.69) is 17.2 Å². The number of ether oxygens (including phenoxy) is 1. The van der Waals surface area contributed by atoms with Crippen molar-refractivity contribution < 1.29 is 9.53 Å². The van der Waals surface area contributed by atoms with Gasteiger partial charge in [-0.2, -0.15) is 0 Å². The van der Waals surface area contributed by atoms with Crippen molar-refractivity contribution in [2.24, 2.45) is 0 Å². The van der Waals surface area contributed by atoms with Gasteiger partial charge in [-0.1, -0.05) is 50.1 Å². The van der Waals surface area contributed by atoms with Gasteiger partial charge in [-0.15, -0.1) is 11.3 Å². The number of nitrogens with one attached hydrogen (secondary N) is 1. The molecule has 0 unspecified atom stereocenters. The van der Waals surface area contributed by atoms with E-state index < -0.39 is 0 Å². The molecule has 1 heterocycles. The molecule has 2 aromatic carbocycles. The van der Waals surface area contributed by atoms with E-state index in [9.17, 15) is 4.79 Å². The molecule has 0 aliphatic rings. The Morgan fingerprint density at radius 2 is 1.81 bits per heavy atom. The van der Waals surface area contributed by atoms with Crippen molar-refractivity contribution in [3.8, 4) is 17.0 Å². The third-order valence-electron chi connectivity index (χ3n) is 4.20. The third kappa shape index (κ3) is 5.17. The standard InChI is InChI=1S/C22H24N2O2S/c1-3-4-8-15-26-19-13-11-18(12-14-19)21(25)24-22-23-20(16(2)27-22)17-9-6-5-7-10-17/h5-7,9-14H,3-4,8,15H2,1-2H3,(H,23,24,25). The minimum atomic E-state index is -0.166. The fraction of sp³-hybridized carbons (Fsp3) is 0.273. The van der Waals surface area contributed by atoms with Crippen molar-refractivity contribution in [2.45, 2.75) is 33.1 Å². The lowest BCUT2D eigenvalue weighted by Crippen LogP contribution is -2.11. The number of hydrogen-bond acceptors (Lipinski definition) is 4. The number of carbonyl (C=O) groups is 1. The molecule has 5 heteroatoms. The van der Waals surface area contributed by atoms with Crippen LogP contribution in [-0.4, -0.2) is 17.5 Å². The summed E-state index contributed by atoms with van der Waals surface area (Å²) in [4.78, 5) is 18.2. The Bertz CT molecular complexity index is 873. The van der Waals surface area contributed by atoms with E-state index in [4.69, 9.17) is 4.74 Å². The first-order valence-corrected chi connectivity index (χ1v) is 10.1. The van der Waals surface area contributed by atoms with E-state index in [0.29, 0.717) is 17.3 Å². The lowest BCUT2D eigenvalue weighted by atomic mass is 10.1. The Balaban J connectivity index is 1.62. The van der Waals surface area contributed by atoms with Crippen LogP contribution in [0.25, 0.3) is 11.3 Å². The second kappa shape index (κ2) is 9.33. The molecule has 0 fully saturated rings. The zero-order valence-electron chi connectivity index (χ0n) is 15.7. The van der Waals surface area contributed by atoms with Crippen molar-refractivity contribution in [2.75, 3.05) is 11.9 Å². The molecule has 1 N–H and O–H groups in total. The van der Waals surface area contributed by atoms with Crippen molar-refractivity contribution in [1.29, 1.82) is 0 Å². The van der Waals surface area contributed by atoms with Gasteiger partial charge in [0.25, 0.3) is 5.91 Å². The molecule has 0 saturated heterocycles. The number of benzene rings is 2. The summed E-state index contributed by atoms with van der Waals surface area (Å²) in [5.41, 5.74) is 2.55. The molecular weight excluding hydrogens is 356 g/mol. The Morgan fingerprint density at radius 3 is 2.52 bits per heavy atom. The van der Waals surface area contributed by atoms with Gasteiger partial charge in [0.15, 0.2) is 5.13 Å². The maximum Gasteiger partial charge on any atom is 0.257 e. The largest absolute Gasteiger partial charge is 0.494 e. The quantitative estimate of drug-likeness (QED) is 0.492. The maximum absolute atomic E-state index is 12.5. The number of nitrogens with zero attached hydrogens (tertiary/aromatic N) is 1. The number of unbranched alkanes of at least 4 members (excludes halogenated alkanes) is 2. The van der Waals surface area contributed by atoms with Gasteiger partial charge < -0.3 is 4.74 Å². The van der Waals surface area contributed by atoms with Crippen molar-refractivity contribution in [1.82, 2.24) is 4.98 Å². The molecule has 0 spiro atoms. The molecule has 0 aliphatic carbocycles. The van der Waals surface area contributed by atoms with Gasteiger partial charge in [-0.3, -0.25) is 10.1 Å². The number of aryl methyl sites for hydroxylation is 1. The second-order valence-electron chi connectivity index (χ2n) is 6.32. The summed E-state index contributed by atoms with van der Waals surface area (Å²) in [6.45, 7) is 4.89. The van der Waals surface area contributed by atoms with E-state index in [1.54, 1.807) is 12.1 Å². The summed E-state index contributed by atoms with van der Waals surface area (Å²) >= 11 is 1.48. The zero-order chi connectivity index (χ0) is 19.1. The van der Waals surface area contributed by atoms with Gasteiger partial charge in [0.1, 0.15) is 5.75 Å². The van der Waals surface area contributed by atoms with Crippen molar-refractivity contribution >= 4 is 22.4 Å². The molecule has 3 aromatic rings. The average molecular weight is 381 g/mol. The van der Waals surface area contributed by atoms with Gasteiger partial charge >= 0.3 is 0 Å². The van der Waals surface area contributed by atoms with Crippen LogP contribution in [0.5, 0.6) is 5.75 Å². The van der Waals surface area contributed by atoms with Gasteiger partial charge in [0.05, 0.1) is 12.3 Å². The highest BCUT2D eigenvalue weighted by Gasteiger charge is 2.13. The van der Waals surface area contributed by atoms with E-state index in [1.165, 1.54) is 24.2 Å². The Kier molecular flexibility index (Phi) is 6.60. The summed E-state index contributed by atoms with van der Waals surface area (Å²) < 4.78 is 5.69. The Hall–Kier alpha value is -2.66. The number of amides is 1. The summed E-state index contributed by atoms with van der Waals surface area (Å²) in [7, 11) is 0. The van der Waals surface area contributed by atoms with E-state index in [-0.39, 0.29) is 5.91 Å². The van der Waals surface area contributed by atoms with Crippen molar-refractivity contribution in [3.05, 3.63) is 65.0 Å². The van der Waals surface area contributed by atoms with E-state index >= 15 is 0 Å². The molecule has 0 saturated carbocycles. The predicted molar refractivity (Wildman–Crippen MR) is 112 cm³/mol. The number of carbonyl (C=O) groups excluding carboxylic acids is 1. The highest BCUT2D eigenvalue weighted by molar-refractivity contribution is 7.16. The topological polar surface area (TPSA) is 51.2 Å². The SMILES string of the molecule is CCCCCOc1ccc(C(=O)Nc2nc(-c3ccccc3)c(C)s2)cc1. The lowest BCUT2D eigenvalue weighted by Gasteiger charge is -2.07. The predicted octanol–water partition coefficient (Wildman–Crippen LogP) is 5.94. The van der Waals surface area contributed by atoms with Crippen LogP contribution >= 0.6 is 11.3 Å². The normalized spacial score (nSPS) is 10.6. The number of anilines is 1. The van der Waals surface area contributed by atoms with Gasteiger partial charge in [0, 0.05) is 16.0 Å². The highest BCUT2D eigenvalue weighted by atomic mass is 32.1. The molecule has 140 valence electrons. The second-order valence-corrected chi connectivity index (χ2v) is 7.53. The molecule has 0 aliphatic heterocycles. The lowest BCUT2D eigenvalue weighted by molar-refractivity contribution is 0.102. The summed E-state index contributed by atoms with van der Waals surface area (Å²) in [5, 5.41) is 3.50. The fourth-order valence-electron chi connectivity index (χ4n) is 2.73. The van der Waals surface area contributed by atoms with Crippen LogP contribution in [-0.2, 0) is 0 Å². The number of rotatable bonds is 8. The van der Waals surface area contributed by atoms with Gasteiger partial charge in [-0.05, 0) is 37.6 Å². The number of hydrogen-bond donors (Lipinski definition) is 1. The van der Waals surface area contributed by atoms with Gasteiger partial charge in [0.2, 0.25) is 0 Å². The molecule has 1 aromatic heterocycles. The third-order valence-corrected chi connectivity index (χ3v) is 5.08. The molecule has 0 bridgehead atoms. The molecule has 27 heavy (non-hydrogen) atoms. The summed E-state index contributed by atoms with van der Waals surface area (Å²) in [6.07, 6.45) is 3.38. The highest BCUT2D eigenvalue weighted by Crippen LogP contribution is 2.30. The minimum absolute atomic E-state index is 0.166. The average Bonchev–Trinajstić information content (AvgIpc) is 3.06. The number of thiazole rings is 1. The zero-order valence-corrected chi connectivity index (χ0v) is 16.5. The summed E-state index contributed by atoms with van der Waals surface area (Å²) in [5.74, 6) is 0.625. The first kappa shape index (κ1) is 19.1. The van der Waals surface area contributed by atoms with Crippen LogP contribution in [0.15, 0.2) is 54.6 Å². The van der Waals surface area contributed by atoms with E-state index in [1.807, 2.05) is 49.4 Å². The van der Waals surface area contributed by atoms with Gasteiger partial charge in [-0.25, -0.2) is 4.98 Å². The Morgan fingerprint density at radius 1 is 1.07 bits per heavy atom. The minimum Gasteiger partial charge on any atom is -0.494 e. The van der Waals surface area contributed by atoms with Crippen LogP contribution in [0, 0.1) is 6.92 Å². The molecule has 0 atom stereocenters. The fourth-order valence-corrected chi connectivity index (χ4v) is 3.56. The van der Waals surface area contributed by atoms with Crippen LogP contribution in [0.1, 0.15) is 41.4 Å². The molecule has 1 amide bonds. The molecular formula is C22H24N2O2S. The van der Waals surface area contributed by atoms with Crippen LogP contribution < -0.4 is 10.1 Å². The first-order valence-electron chi connectivity index (χ1n) is 9.24. The van der Waals surface area contributed by atoms with Crippen LogP contribution in [0.3, 0.4) is 0 Å². The summed E-state index contributed by atoms with van der Waals surface area (Å²) in [6, 6.07) is 17.2. The maximum atomic E-state index is 12.5.